The van der Waals surface area contributed by atoms with Gasteiger partial charge in [0.15, 0.2) is 6.10 Å². The van der Waals surface area contributed by atoms with Crippen LogP contribution in [0.25, 0.3) is 0 Å². The number of aliphatic hydroxyl groups excluding tert-OH is 2. The molecule has 0 radical (unpaired) electrons. The van der Waals surface area contributed by atoms with Gasteiger partial charge in [-0.05, 0) is 161 Å². The molecular weight excluding hydrogens is 1390 g/mol. The molecule has 0 saturated heterocycles. The van der Waals surface area contributed by atoms with E-state index in [1.807, 2.05) is 0 Å². The topological polar surface area (TPSA) is 231 Å². The highest BCUT2D eigenvalue weighted by Crippen LogP contribution is 2.45. The van der Waals surface area contributed by atoms with E-state index in [0.29, 0.717) is 19.3 Å². The minimum Gasteiger partial charge on any atom is -0.463 e. The fraction of sp³-hybridized carbons (Fsp3) is 0.607. The molecule has 0 amide bonds. The molecule has 0 aromatic rings. The standard InChI is InChI=1S/C89H144O16P2/c1-4-7-10-13-16-19-22-25-28-31-34-36-37-38-39-40-41-42-43-44-45-47-50-51-54-57-60-63-66-69-72-75-87(92)99-78-84(90)79-101-106(95,96)102-80-85(91)81-103-107(97,98)104-83-86(105-89(94)77-74-71-68-65-62-59-56-53-48-33-30-27-24-21-18-15-12-9-6-3)82-100-88(93)76-73-70-67-64-61-58-55-52-49-46-35-32-29-26-23-20-17-14-11-8-5-2/h7-12,16-21,25-30,34-36,38-39,46,48,52-53,55,59,61-62,64,84-86,90-91H,4-6,13-15,22-24,31-33,37,40-45,47,49-51,54,56-58,60,63,65-83H2,1-3H3,(H,95,96)(H,97,98)/b10-7-,11-8-,12-9-,19-16-,20-17-,21-18-,28-25-,29-26-,30-27-,36-34-,39-38-,46-35-,53-48-,55-52-,62-59-,64-61-. The lowest BCUT2D eigenvalue weighted by Crippen LogP contribution is -2.30. The maximum Gasteiger partial charge on any atom is 0.472 e. The van der Waals surface area contributed by atoms with Gasteiger partial charge in [0.05, 0.1) is 26.4 Å². The first-order chi connectivity index (χ1) is 52.2. The SMILES string of the molecule is CC/C=C\C/C=C\C/C=C\C/C=C\C/C=C\C/C=C\CCCCC(=O)OCC(COP(=O)(O)OCC(O)COP(=O)(O)OCC(O)COC(=O)CCCCCCCCCCCCCCCCC/C=C\C/C=C\C/C=C\C/C=C\C/C=C\CC)OC(=O)CCCCC/C=C\C/C=C\C/C=C\C/C=C\C/C=C\CC. The number of rotatable bonds is 75. The molecule has 0 aliphatic rings. The number of phosphoric acid groups is 2. The van der Waals surface area contributed by atoms with E-state index >= 15 is 0 Å². The average molecular weight is 1530 g/mol. The van der Waals surface area contributed by atoms with Crippen LogP contribution in [0.15, 0.2) is 194 Å². The van der Waals surface area contributed by atoms with Crippen LogP contribution in [0.4, 0.5) is 0 Å². The third-order valence-corrected chi connectivity index (χ3v) is 18.2. The Kier molecular flexibility index (Phi) is 75.7. The van der Waals surface area contributed by atoms with E-state index in [9.17, 15) is 43.5 Å². The average Bonchev–Trinajstić information content (AvgIpc) is 0.928. The Hall–Kier alpha value is -5.61. The molecule has 18 heteroatoms. The van der Waals surface area contributed by atoms with Crippen molar-refractivity contribution in [2.24, 2.45) is 0 Å². The first kappa shape index (κ1) is 101. The largest absolute Gasteiger partial charge is 0.472 e. The van der Waals surface area contributed by atoms with E-state index in [-0.39, 0.29) is 19.3 Å². The van der Waals surface area contributed by atoms with Gasteiger partial charge in [0.25, 0.3) is 0 Å². The number of carbonyl (C=O) groups excluding carboxylic acids is 3. The molecule has 0 aliphatic carbocycles. The monoisotopic (exact) mass is 1530 g/mol. The summed E-state index contributed by atoms with van der Waals surface area (Å²) in [7, 11) is -9.83. The number of hydrogen-bond donors (Lipinski definition) is 4. The zero-order valence-corrected chi connectivity index (χ0v) is 68.0. The quantitative estimate of drug-likeness (QED) is 0.0146. The first-order valence-electron chi connectivity index (χ1n) is 40.7. The number of hydrogen-bond acceptors (Lipinski definition) is 14. The molecular formula is C89H144O16P2. The second kappa shape index (κ2) is 79.9. The predicted molar refractivity (Wildman–Crippen MR) is 444 cm³/mol. The molecule has 0 rings (SSSR count). The van der Waals surface area contributed by atoms with Crippen LogP contribution < -0.4 is 0 Å². The number of aliphatic hydroxyl groups is 2. The van der Waals surface area contributed by atoms with Gasteiger partial charge in [-0.25, -0.2) is 9.13 Å². The molecule has 107 heavy (non-hydrogen) atoms. The van der Waals surface area contributed by atoms with Gasteiger partial charge in [-0.1, -0.05) is 305 Å². The Balaban J connectivity index is 4.63. The van der Waals surface area contributed by atoms with Gasteiger partial charge in [-0.15, -0.1) is 0 Å². The summed E-state index contributed by atoms with van der Waals surface area (Å²) >= 11 is 0. The van der Waals surface area contributed by atoms with E-state index in [1.54, 1.807) is 0 Å². The second-order valence-corrected chi connectivity index (χ2v) is 29.3. The van der Waals surface area contributed by atoms with Crippen LogP contribution in [-0.2, 0) is 55.8 Å². The lowest BCUT2D eigenvalue weighted by Gasteiger charge is -2.21. The predicted octanol–water partition coefficient (Wildman–Crippen LogP) is 24.3. The summed E-state index contributed by atoms with van der Waals surface area (Å²) < 4.78 is 61.1. The van der Waals surface area contributed by atoms with Crippen molar-refractivity contribution in [3.63, 3.8) is 0 Å². The molecule has 0 aromatic heterocycles. The van der Waals surface area contributed by atoms with Crippen LogP contribution in [0.1, 0.15) is 290 Å². The van der Waals surface area contributed by atoms with Crippen molar-refractivity contribution in [2.75, 3.05) is 39.6 Å². The number of carbonyl (C=O) groups is 3. The molecule has 0 heterocycles. The number of ether oxygens (including phenoxy) is 3. The molecule has 0 fully saturated rings. The molecule has 0 saturated carbocycles. The van der Waals surface area contributed by atoms with Crippen LogP contribution in [0.2, 0.25) is 0 Å². The highest BCUT2D eigenvalue weighted by molar-refractivity contribution is 7.47. The third-order valence-electron chi connectivity index (χ3n) is 16.3. The molecule has 5 unspecified atom stereocenters. The van der Waals surface area contributed by atoms with Crippen molar-refractivity contribution >= 4 is 33.6 Å². The summed E-state index contributed by atoms with van der Waals surface area (Å²) in [6.07, 6.45) is 105. The van der Waals surface area contributed by atoms with Crippen molar-refractivity contribution in [2.45, 2.75) is 309 Å². The van der Waals surface area contributed by atoms with Crippen molar-refractivity contribution in [1.29, 1.82) is 0 Å². The minimum atomic E-state index is -4.96. The Morgan fingerprint density at radius 3 is 0.766 bits per heavy atom. The van der Waals surface area contributed by atoms with E-state index < -0.39 is 91.5 Å². The van der Waals surface area contributed by atoms with E-state index in [2.05, 4.69) is 215 Å². The molecule has 16 nitrogen and oxygen atoms in total. The fourth-order valence-corrected chi connectivity index (χ4v) is 11.8. The Bertz CT molecular complexity index is 2720. The van der Waals surface area contributed by atoms with Crippen molar-refractivity contribution in [3.8, 4) is 0 Å². The Morgan fingerprint density at radius 2 is 0.467 bits per heavy atom. The van der Waals surface area contributed by atoms with Crippen molar-refractivity contribution in [3.05, 3.63) is 194 Å². The van der Waals surface area contributed by atoms with Crippen LogP contribution in [0.3, 0.4) is 0 Å². The van der Waals surface area contributed by atoms with Gasteiger partial charge < -0.3 is 34.2 Å². The second-order valence-electron chi connectivity index (χ2n) is 26.4. The molecule has 0 bridgehead atoms. The Labute approximate surface area is 648 Å². The summed E-state index contributed by atoms with van der Waals surface area (Å²) in [4.78, 5) is 58.7. The lowest BCUT2D eigenvalue weighted by molar-refractivity contribution is -0.161. The highest BCUT2D eigenvalue weighted by atomic mass is 31.2. The minimum absolute atomic E-state index is 0.0477. The maximum atomic E-state index is 13.0. The highest BCUT2D eigenvalue weighted by Gasteiger charge is 2.29. The number of esters is 3. The molecule has 4 N–H and O–H groups in total. The van der Waals surface area contributed by atoms with Crippen LogP contribution in [0.5, 0.6) is 0 Å². The molecule has 0 aliphatic heterocycles. The summed E-state index contributed by atoms with van der Waals surface area (Å²) in [5, 5.41) is 20.7. The van der Waals surface area contributed by atoms with Crippen LogP contribution in [0, 0.1) is 0 Å². The molecule has 606 valence electrons. The van der Waals surface area contributed by atoms with Gasteiger partial charge >= 0.3 is 33.6 Å². The zero-order valence-electron chi connectivity index (χ0n) is 66.2. The van der Waals surface area contributed by atoms with Crippen molar-refractivity contribution < 1.29 is 75.8 Å². The van der Waals surface area contributed by atoms with E-state index in [4.69, 9.17) is 32.3 Å². The van der Waals surface area contributed by atoms with Gasteiger partial charge in [-0.2, -0.15) is 0 Å². The van der Waals surface area contributed by atoms with Gasteiger partial charge in [0.1, 0.15) is 25.4 Å². The number of allylic oxidation sites excluding steroid dienone is 32. The fourth-order valence-electron chi connectivity index (χ4n) is 10.2. The molecule has 0 aromatic carbocycles. The first-order valence-corrected chi connectivity index (χ1v) is 43.7. The van der Waals surface area contributed by atoms with Gasteiger partial charge in [0, 0.05) is 19.3 Å². The smallest absolute Gasteiger partial charge is 0.463 e. The van der Waals surface area contributed by atoms with Gasteiger partial charge in [-0.3, -0.25) is 32.5 Å². The normalized spacial score (nSPS) is 14.9. The lowest BCUT2D eigenvalue weighted by atomic mass is 10.0. The Morgan fingerprint density at radius 1 is 0.262 bits per heavy atom. The summed E-state index contributed by atoms with van der Waals surface area (Å²) in [5.41, 5.74) is 0. The van der Waals surface area contributed by atoms with Crippen LogP contribution >= 0.6 is 15.6 Å². The molecule has 0 spiro atoms. The van der Waals surface area contributed by atoms with E-state index in [0.717, 1.165) is 154 Å². The van der Waals surface area contributed by atoms with Crippen LogP contribution in [-0.4, -0.2) is 95.9 Å². The van der Waals surface area contributed by atoms with E-state index in [1.165, 1.54) is 77.0 Å². The summed E-state index contributed by atoms with van der Waals surface area (Å²) in [6, 6.07) is 0. The number of unbranched alkanes of at least 4 members (excludes halogenated alkanes) is 20. The van der Waals surface area contributed by atoms with Crippen molar-refractivity contribution in [1.82, 2.24) is 0 Å². The third kappa shape index (κ3) is 81.2. The summed E-state index contributed by atoms with van der Waals surface area (Å²) in [5.74, 6) is -1.68. The summed E-state index contributed by atoms with van der Waals surface area (Å²) in [6.45, 7) is 2.23. The zero-order chi connectivity index (χ0) is 78.0. The molecule has 5 atom stereocenters. The van der Waals surface area contributed by atoms with Gasteiger partial charge in [0.2, 0.25) is 0 Å². The number of phosphoric ester groups is 2. The maximum absolute atomic E-state index is 13.0.